The van der Waals surface area contributed by atoms with Gasteiger partial charge in [0.1, 0.15) is 10.5 Å². The van der Waals surface area contributed by atoms with E-state index in [4.69, 9.17) is 16.6 Å². The Morgan fingerprint density at radius 2 is 1.75 bits per heavy atom. The van der Waals surface area contributed by atoms with Crippen molar-refractivity contribution in [1.82, 2.24) is 29.7 Å². The fourth-order valence-electron chi connectivity index (χ4n) is 6.22. The zero-order valence-corrected chi connectivity index (χ0v) is 27.5. The summed E-state index contributed by atoms with van der Waals surface area (Å²) >= 11 is 8.17. The van der Waals surface area contributed by atoms with Crippen LogP contribution in [0.3, 0.4) is 0 Å². The topological polar surface area (TPSA) is 88.6 Å². The van der Waals surface area contributed by atoms with E-state index >= 15 is 0 Å². The van der Waals surface area contributed by atoms with Crippen molar-refractivity contribution < 1.29 is 0 Å². The molecule has 0 spiro atoms. The number of hydrogen-bond donors (Lipinski definition) is 2. The summed E-state index contributed by atoms with van der Waals surface area (Å²) < 4.78 is 2.05. The van der Waals surface area contributed by atoms with Crippen molar-refractivity contribution in [2.45, 2.75) is 32.2 Å². The first-order valence-corrected chi connectivity index (χ1v) is 16.9. The highest BCUT2D eigenvalue weighted by atomic mass is 35.5. The Hall–Kier alpha value is -3.38. The molecule has 0 atom stereocenters. The molecule has 44 heavy (non-hydrogen) atoms. The maximum atomic E-state index is 6.58. The number of anilines is 6. The molecule has 232 valence electrons. The number of piperidine rings is 1. The van der Waals surface area contributed by atoms with E-state index in [9.17, 15) is 0 Å². The molecule has 0 amide bonds. The molecule has 10 nitrogen and oxygen atoms in total. The van der Waals surface area contributed by atoms with Gasteiger partial charge in [-0.1, -0.05) is 30.5 Å². The Kier molecular flexibility index (Phi) is 9.56. The van der Waals surface area contributed by atoms with Crippen molar-refractivity contribution in [2.75, 3.05) is 79.5 Å². The van der Waals surface area contributed by atoms with Crippen LogP contribution in [0, 0.1) is 0 Å². The third kappa shape index (κ3) is 6.66. The van der Waals surface area contributed by atoms with Gasteiger partial charge in [0.05, 0.1) is 23.1 Å². The molecular formula is C32H41ClN10S. The van der Waals surface area contributed by atoms with Gasteiger partial charge >= 0.3 is 0 Å². The molecule has 2 aromatic carbocycles. The van der Waals surface area contributed by atoms with Crippen molar-refractivity contribution in [1.29, 1.82) is 0 Å². The average Bonchev–Trinajstić information content (AvgIpc) is 3.06. The predicted molar refractivity (Wildman–Crippen MR) is 185 cm³/mol. The molecule has 2 N–H and O–H groups in total. The standard InChI is InChI=1S/C32H41ClN10S/c1-5-22-20-23(6-9-28(22)43-14-10-24(11-15-43)42-18-16-40(2)17-19-42)37-32-36-21-25(33)31(39-32)38-27-8-7-26-29(35-13-12-34-26)30(27)41(3)44-4/h6-9,12-13,20-21,24H,5,10-11,14-19H2,1-4H3,(H2,36,37,38,39). The maximum Gasteiger partial charge on any atom is 0.229 e. The predicted octanol–water partition coefficient (Wildman–Crippen LogP) is 6.05. The highest BCUT2D eigenvalue weighted by Crippen LogP contribution is 2.37. The largest absolute Gasteiger partial charge is 0.371 e. The van der Waals surface area contributed by atoms with Gasteiger partial charge in [0.15, 0.2) is 5.82 Å². The first kappa shape index (κ1) is 30.6. The molecule has 6 rings (SSSR count). The van der Waals surface area contributed by atoms with Gasteiger partial charge in [-0.2, -0.15) is 4.98 Å². The second-order valence-electron chi connectivity index (χ2n) is 11.5. The van der Waals surface area contributed by atoms with E-state index in [2.05, 4.69) is 76.8 Å². The molecule has 0 saturated carbocycles. The van der Waals surface area contributed by atoms with Crippen LogP contribution in [0.15, 0.2) is 48.9 Å². The van der Waals surface area contributed by atoms with E-state index in [1.807, 2.05) is 25.4 Å². The summed E-state index contributed by atoms with van der Waals surface area (Å²) in [5.74, 6) is 0.985. The minimum absolute atomic E-state index is 0.428. The third-order valence-electron chi connectivity index (χ3n) is 8.78. The van der Waals surface area contributed by atoms with Gasteiger partial charge in [0, 0.05) is 82.4 Å². The number of rotatable bonds is 9. The van der Waals surface area contributed by atoms with Crippen molar-refractivity contribution in [3.63, 3.8) is 0 Å². The van der Waals surface area contributed by atoms with Gasteiger partial charge in [-0.15, -0.1) is 0 Å². The molecule has 4 heterocycles. The van der Waals surface area contributed by atoms with Crippen molar-refractivity contribution >= 4 is 69.1 Å². The zero-order valence-electron chi connectivity index (χ0n) is 25.9. The molecule has 2 aliphatic rings. The van der Waals surface area contributed by atoms with E-state index < -0.39 is 0 Å². The Balaban J connectivity index is 1.17. The summed E-state index contributed by atoms with van der Waals surface area (Å²) in [6.45, 7) is 9.16. The van der Waals surface area contributed by atoms with E-state index in [0.29, 0.717) is 22.8 Å². The summed E-state index contributed by atoms with van der Waals surface area (Å²) in [5, 5.41) is 7.26. The van der Waals surface area contributed by atoms with Crippen LogP contribution in [0.2, 0.25) is 5.02 Å². The van der Waals surface area contributed by atoms with Gasteiger partial charge in [-0.25, -0.2) is 4.98 Å². The van der Waals surface area contributed by atoms with Crippen LogP contribution in [-0.4, -0.2) is 95.4 Å². The quantitative estimate of drug-likeness (QED) is 0.211. The molecule has 2 saturated heterocycles. The van der Waals surface area contributed by atoms with Crippen LogP contribution in [0.25, 0.3) is 11.0 Å². The summed E-state index contributed by atoms with van der Waals surface area (Å²) in [6.07, 6.45) is 10.4. The number of fused-ring (bicyclic) bond motifs is 1. The minimum atomic E-state index is 0.428. The number of halogens is 1. The number of piperazine rings is 1. The number of likely N-dealkylation sites (N-methyl/N-ethyl adjacent to an activating group) is 1. The number of hydrogen-bond acceptors (Lipinski definition) is 11. The first-order valence-electron chi connectivity index (χ1n) is 15.3. The molecule has 0 unspecified atom stereocenters. The summed E-state index contributed by atoms with van der Waals surface area (Å²) in [5.41, 5.74) is 6.96. The molecule has 0 radical (unpaired) electrons. The van der Waals surface area contributed by atoms with Gasteiger partial charge in [-0.05, 0) is 62.2 Å². The minimum Gasteiger partial charge on any atom is -0.371 e. The lowest BCUT2D eigenvalue weighted by Gasteiger charge is -2.43. The van der Waals surface area contributed by atoms with Crippen molar-refractivity contribution in [2.24, 2.45) is 0 Å². The van der Waals surface area contributed by atoms with E-state index in [1.54, 1.807) is 30.5 Å². The van der Waals surface area contributed by atoms with Crippen molar-refractivity contribution in [3.8, 4) is 0 Å². The average molecular weight is 633 g/mol. The number of nitrogens with one attached hydrogen (secondary N) is 2. The number of nitrogens with zero attached hydrogens (tertiary/aromatic N) is 8. The first-order chi connectivity index (χ1) is 21.4. The van der Waals surface area contributed by atoms with Crippen LogP contribution in [0.4, 0.5) is 34.5 Å². The Bertz CT molecular complexity index is 1590. The Morgan fingerprint density at radius 3 is 2.50 bits per heavy atom. The third-order valence-corrected chi connectivity index (χ3v) is 9.78. The van der Waals surface area contributed by atoms with Gasteiger partial charge in [0.25, 0.3) is 0 Å². The second kappa shape index (κ2) is 13.7. The monoisotopic (exact) mass is 632 g/mol. The van der Waals surface area contributed by atoms with Crippen LogP contribution < -0.4 is 19.8 Å². The molecule has 2 aromatic heterocycles. The van der Waals surface area contributed by atoms with Gasteiger partial charge in [-0.3, -0.25) is 14.9 Å². The smallest absolute Gasteiger partial charge is 0.229 e. The normalized spacial score (nSPS) is 16.8. The van der Waals surface area contributed by atoms with Gasteiger partial charge in [0.2, 0.25) is 5.95 Å². The fraction of sp³-hybridized carbons (Fsp3) is 0.438. The number of benzene rings is 2. The molecule has 2 fully saturated rings. The molecule has 0 aliphatic carbocycles. The molecule has 4 aromatic rings. The molecule has 0 bridgehead atoms. The SMILES string of the molecule is CCc1cc(Nc2ncc(Cl)c(Nc3ccc4nccnc4c3N(C)SC)n2)ccc1N1CCC(N2CCN(C)CC2)CC1. The lowest BCUT2D eigenvalue weighted by molar-refractivity contribution is 0.0982. The second-order valence-corrected chi connectivity index (χ2v) is 12.8. The summed E-state index contributed by atoms with van der Waals surface area (Å²) in [7, 11) is 4.22. The molecule has 2 aliphatic heterocycles. The highest BCUT2D eigenvalue weighted by Gasteiger charge is 2.27. The number of aromatic nitrogens is 4. The molecular weight excluding hydrogens is 592 g/mol. The fourth-order valence-corrected chi connectivity index (χ4v) is 6.72. The highest BCUT2D eigenvalue weighted by molar-refractivity contribution is 7.99. The zero-order chi connectivity index (χ0) is 30.6. The van der Waals surface area contributed by atoms with Crippen LogP contribution in [0.1, 0.15) is 25.3 Å². The van der Waals surface area contributed by atoms with E-state index in [-0.39, 0.29) is 0 Å². The van der Waals surface area contributed by atoms with E-state index in [1.165, 1.54) is 50.3 Å². The van der Waals surface area contributed by atoms with Crippen LogP contribution >= 0.6 is 23.5 Å². The summed E-state index contributed by atoms with van der Waals surface area (Å²) in [6, 6.07) is 11.2. The van der Waals surface area contributed by atoms with Crippen molar-refractivity contribution in [3.05, 3.63) is 59.5 Å². The summed E-state index contributed by atoms with van der Waals surface area (Å²) in [4.78, 5) is 26.0. The Morgan fingerprint density at radius 1 is 0.977 bits per heavy atom. The lowest BCUT2D eigenvalue weighted by atomic mass is 10.00. The Labute approximate surface area is 269 Å². The van der Waals surface area contributed by atoms with E-state index in [0.717, 1.165) is 47.6 Å². The lowest BCUT2D eigenvalue weighted by Crippen LogP contribution is -2.52. The van der Waals surface area contributed by atoms with Crippen LogP contribution in [0.5, 0.6) is 0 Å². The van der Waals surface area contributed by atoms with Crippen LogP contribution in [-0.2, 0) is 6.42 Å². The number of aryl methyl sites for hydroxylation is 1. The molecule has 12 heteroatoms. The maximum absolute atomic E-state index is 6.58. The van der Waals surface area contributed by atoms with Gasteiger partial charge < -0.3 is 24.7 Å².